The second-order valence-electron chi connectivity index (χ2n) is 9.30. The van der Waals surface area contributed by atoms with Gasteiger partial charge in [-0.05, 0) is 75.6 Å². The van der Waals surface area contributed by atoms with Gasteiger partial charge in [0, 0.05) is 24.1 Å². The number of ether oxygens (including phenoxy) is 1. The first kappa shape index (κ1) is 21.0. The first-order valence-corrected chi connectivity index (χ1v) is 11.4. The fraction of sp³-hybridized carbons (Fsp3) is 0.600. The molecule has 5 heteroatoms. The highest BCUT2D eigenvalue weighted by atomic mass is 16.5. The molecule has 1 amide bonds. The molecule has 0 spiro atoms. The summed E-state index contributed by atoms with van der Waals surface area (Å²) in [4.78, 5) is 13.0. The Bertz CT molecular complexity index is 902. The van der Waals surface area contributed by atoms with Gasteiger partial charge < -0.3 is 10.1 Å². The summed E-state index contributed by atoms with van der Waals surface area (Å²) in [5.74, 6) is 2.74. The predicted molar refractivity (Wildman–Crippen MR) is 119 cm³/mol. The maximum Gasteiger partial charge on any atom is 0.222 e. The minimum atomic E-state index is 0.0547. The first-order chi connectivity index (χ1) is 14.4. The molecule has 1 aromatic carbocycles. The van der Waals surface area contributed by atoms with Crippen molar-refractivity contribution in [3.05, 3.63) is 46.8 Å². The lowest BCUT2D eigenvalue weighted by Crippen LogP contribution is -2.59. The Balaban J connectivity index is 1.46. The Hall–Kier alpha value is -2.30. The molecule has 3 unspecified atom stereocenters. The van der Waals surface area contributed by atoms with Gasteiger partial charge in [0.1, 0.15) is 5.75 Å². The van der Waals surface area contributed by atoms with Crippen LogP contribution in [-0.4, -0.2) is 28.8 Å². The number of carbonyl (C=O) groups excluding carboxylic acids is 1. The van der Waals surface area contributed by atoms with Crippen molar-refractivity contribution >= 4 is 5.91 Å². The zero-order valence-corrected chi connectivity index (χ0v) is 18.9. The maximum absolute atomic E-state index is 13.0. The van der Waals surface area contributed by atoms with Crippen LogP contribution in [0.3, 0.4) is 0 Å². The number of fused-ring (bicyclic) bond motifs is 1. The van der Waals surface area contributed by atoms with Gasteiger partial charge in [-0.2, -0.15) is 5.10 Å². The largest absolute Gasteiger partial charge is 0.497 e. The van der Waals surface area contributed by atoms with E-state index in [1.54, 1.807) is 7.11 Å². The minimum absolute atomic E-state index is 0.0547. The minimum Gasteiger partial charge on any atom is -0.497 e. The monoisotopic (exact) mass is 409 g/mol. The van der Waals surface area contributed by atoms with E-state index in [1.807, 2.05) is 23.7 Å². The van der Waals surface area contributed by atoms with Crippen molar-refractivity contribution in [2.24, 2.45) is 11.8 Å². The van der Waals surface area contributed by atoms with E-state index in [9.17, 15) is 4.79 Å². The molecule has 0 saturated heterocycles. The summed E-state index contributed by atoms with van der Waals surface area (Å²) in [6.45, 7) is 8.30. The van der Waals surface area contributed by atoms with Crippen molar-refractivity contribution in [2.75, 3.05) is 7.11 Å². The number of benzene rings is 1. The predicted octanol–water partition coefficient (Wildman–Crippen LogP) is 4.86. The Morgan fingerprint density at radius 2 is 1.83 bits per heavy atom. The van der Waals surface area contributed by atoms with Crippen LogP contribution in [0, 0.1) is 32.6 Å². The SMILES string of the molecule is COc1ccc([C@H]2C3CCCCC3[C@@H]2NC(=O)CC(C)n2nc(C)c(C)c2C)cc1. The van der Waals surface area contributed by atoms with Crippen LogP contribution in [0.1, 0.15) is 73.5 Å². The number of carbonyl (C=O) groups is 1. The van der Waals surface area contributed by atoms with Gasteiger partial charge in [0.05, 0.1) is 18.8 Å². The van der Waals surface area contributed by atoms with Crippen molar-refractivity contribution < 1.29 is 9.53 Å². The van der Waals surface area contributed by atoms with Gasteiger partial charge in [-0.15, -0.1) is 0 Å². The van der Waals surface area contributed by atoms with Crippen LogP contribution in [0.4, 0.5) is 0 Å². The van der Waals surface area contributed by atoms with Crippen molar-refractivity contribution in [1.82, 2.24) is 15.1 Å². The number of nitrogens with one attached hydrogen (secondary N) is 1. The molecule has 30 heavy (non-hydrogen) atoms. The first-order valence-electron chi connectivity index (χ1n) is 11.4. The average Bonchev–Trinajstić information content (AvgIpc) is 3.00. The molecule has 2 aliphatic rings. The van der Waals surface area contributed by atoms with Crippen molar-refractivity contribution in [1.29, 1.82) is 0 Å². The molecule has 5 nitrogen and oxygen atoms in total. The zero-order chi connectivity index (χ0) is 21.4. The van der Waals surface area contributed by atoms with Crippen molar-refractivity contribution in [3.63, 3.8) is 0 Å². The molecule has 5 atom stereocenters. The van der Waals surface area contributed by atoms with E-state index in [0.717, 1.165) is 17.1 Å². The number of aryl methyl sites for hydroxylation is 1. The highest BCUT2D eigenvalue weighted by Gasteiger charge is 2.51. The standard InChI is InChI=1S/C25H35N3O2/c1-15(28-18(4)16(2)17(3)27-28)14-23(29)26-25-22-9-7-6-8-21(22)24(25)19-10-12-20(30-5)13-11-19/h10-13,15,21-22,24-25H,6-9,14H2,1-5H3,(H,26,29)/t15?,21?,22?,24-,25-/m0/s1. The van der Waals surface area contributed by atoms with Crippen molar-refractivity contribution in [3.8, 4) is 5.75 Å². The van der Waals surface area contributed by atoms with Gasteiger partial charge in [-0.3, -0.25) is 9.48 Å². The van der Waals surface area contributed by atoms with Gasteiger partial charge in [0.15, 0.2) is 0 Å². The fourth-order valence-corrected chi connectivity index (χ4v) is 5.72. The summed E-state index contributed by atoms with van der Waals surface area (Å²) in [7, 11) is 1.70. The van der Waals surface area contributed by atoms with Gasteiger partial charge >= 0.3 is 0 Å². The van der Waals surface area contributed by atoms with E-state index in [1.165, 1.54) is 36.8 Å². The smallest absolute Gasteiger partial charge is 0.222 e. The number of methoxy groups -OCH3 is 1. The molecule has 0 aliphatic heterocycles. The lowest BCUT2D eigenvalue weighted by Gasteiger charge is -2.55. The van der Waals surface area contributed by atoms with E-state index in [-0.39, 0.29) is 18.0 Å². The average molecular weight is 410 g/mol. The van der Waals surface area contributed by atoms with E-state index < -0.39 is 0 Å². The quantitative estimate of drug-likeness (QED) is 0.741. The molecule has 2 saturated carbocycles. The van der Waals surface area contributed by atoms with Crippen LogP contribution in [0.15, 0.2) is 24.3 Å². The number of nitrogens with zero attached hydrogens (tertiary/aromatic N) is 2. The lowest BCUT2D eigenvalue weighted by molar-refractivity contribution is -0.125. The molecule has 0 bridgehead atoms. The van der Waals surface area contributed by atoms with E-state index in [0.29, 0.717) is 24.2 Å². The molecule has 1 N–H and O–H groups in total. The summed E-state index contributed by atoms with van der Waals surface area (Å²) < 4.78 is 7.34. The van der Waals surface area contributed by atoms with Crippen LogP contribution in [0.5, 0.6) is 5.75 Å². The topological polar surface area (TPSA) is 56.1 Å². The van der Waals surface area contributed by atoms with Gasteiger partial charge in [-0.25, -0.2) is 0 Å². The van der Waals surface area contributed by atoms with Gasteiger partial charge in [0.2, 0.25) is 5.91 Å². The number of hydrogen-bond donors (Lipinski definition) is 1. The lowest BCUT2D eigenvalue weighted by atomic mass is 9.53. The van der Waals surface area contributed by atoms with Gasteiger partial charge in [0.25, 0.3) is 0 Å². The molecule has 0 radical (unpaired) electrons. The van der Waals surface area contributed by atoms with E-state index in [4.69, 9.17) is 4.74 Å². The second-order valence-corrected chi connectivity index (χ2v) is 9.30. The zero-order valence-electron chi connectivity index (χ0n) is 18.9. The van der Waals surface area contributed by atoms with Gasteiger partial charge in [-0.1, -0.05) is 25.0 Å². The third-order valence-electron chi connectivity index (χ3n) is 7.60. The summed E-state index contributed by atoms with van der Waals surface area (Å²) >= 11 is 0. The molecular formula is C25H35N3O2. The van der Waals surface area contributed by atoms with Crippen LogP contribution < -0.4 is 10.1 Å². The third-order valence-corrected chi connectivity index (χ3v) is 7.60. The molecule has 2 aromatic rings. The Kier molecular flexibility index (Phi) is 5.90. The maximum atomic E-state index is 13.0. The fourth-order valence-electron chi connectivity index (χ4n) is 5.72. The summed E-state index contributed by atoms with van der Waals surface area (Å²) in [6, 6.07) is 8.73. The summed E-state index contributed by atoms with van der Waals surface area (Å²) in [5, 5.41) is 8.07. The number of hydrogen-bond acceptors (Lipinski definition) is 3. The normalized spacial score (nSPS) is 26.4. The Morgan fingerprint density at radius 3 is 2.43 bits per heavy atom. The van der Waals surface area contributed by atoms with Crippen LogP contribution >= 0.6 is 0 Å². The number of rotatable bonds is 6. The van der Waals surface area contributed by atoms with Crippen LogP contribution in [0.2, 0.25) is 0 Å². The van der Waals surface area contributed by atoms with E-state index >= 15 is 0 Å². The molecule has 162 valence electrons. The summed E-state index contributed by atoms with van der Waals surface area (Å²) in [5.41, 5.74) is 4.74. The summed E-state index contributed by atoms with van der Waals surface area (Å²) in [6.07, 6.45) is 5.56. The molecule has 1 aromatic heterocycles. The highest BCUT2D eigenvalue weighted by Crippen LogP contribution is 2.54. The molecule has 2 fully saturated rings. The Labute approximate surface area is 180 Å². The van der Waals surface area contributed by atoms with Crippen molar-refractivity contribution in [2.45, 2.75) is 77.8 Å². The molecule has 1 heterocycles. The molecule has 4 rings (SSSR count). The highest BCUT2D eigenvalue weighted by molar-refractivity contribution is 5.77. The Morgan fingerprint density at radius 1 is 1.17 bits per heavy atom. The van der Waals surface area contributed by atoms with Crippen LogP contribution in [0.25, 0.3) is 0 Å². The molecule has 2 aliphatic carbocycles. The number of aromatic nitrogens is 2. The van der Waals surface area contributed by atoms with Crippen LogP contribution in [-0.2, 0) is 4.79 Å². The molecular weight excluding hydrogens is 374 g/mol. The third kappa shape index (κ3) is 3.75. The van der Waals surface area contributed by atoms with E-state index in [2.05, 4.69) is 43.3 Å². The number of amides is 1. The second kappa shape index (κ2) is 8.44.